The number of rotatable bonds is 9. The van der Waals surface area contributed by atoms with E-state index in [0.29, 0.717) is 5.69 Å². The van der Waals surface area contributed by atoms with Gasteiger partial charge in [-0.25, -0.2) is 8.42 Å². The summed E-state index contributed by atoms with van der Waals surface area (Å²) in [6.07, 6.45) is 3.57. The Morgan fingerprint density at radius 1 is 0.962 bits per heavy atom. The molecular weight excluding hydrogens is 344 g/mol. The molecular formula is C21H30N2O2S. The SMILES string of the molecule is CCCCc1ccc(N(C)Cc2ccc(NS(=O)(=O)C(C)C)cc2)cc1. The van der Waals surface area contributed by atoms with Gasteiger partial charge < -0.3 is 4.90 Å². The van der Waals surface area contributed by atoms with E-state index in [1.807, 2.05) is 24.3 Å². The molecule has 26 heavy (non-hydrogen) atoms. The van der Waals surface area contributed by atoms with Crippen molar-refractivity contribution in [3.63, 3.8) is 0 Å². The summed E-state index contributed by atoms with van der Waals surface area (Å²) in [7, 11) is -1.24. The number of aryl methyl sites for hydroxylation is 1. The zero-order valence-electron chi connectivity index (χ0n) is 16.2. The van der Waals surface area contributed by atoms with E-state index in [-0.39, 0.29) is 0 Å². The number of anilines is 2. The van der Waals surface area contributed by atoms with Crippen LogP contribution in [0.2, 0.25) is 0 Å². The van der Waals surface area contributed by atoms with E-state index in [1.54, 1.807) is 13.8 Å². The van der Waals surface area contributed by atoms with Gasteiger partial charge in [0, 0.05) is 25.0 Å². The van der Waals surface area contributed by atoms with Gasteiger partial charge in [-0.2, -0.15) is 0 Å². The Morgan fingerprint density at radius 3 is 2.08 bits per heavy atom. The number of unbranched alkanes of at least 4 members (excludes halogenated alkanes) is 1. The van der Waals surface area contributed by atoms with Crippen LogP contribution in [-0.2, 0) is 23.0 Å². The van der Waals surface area contributed by atoms with E-state index in [2.05, 4.69) is 47.9 Å². The first-order valence-electron chi connectivity index (χ1n) is 9.22. The molecule has 0 saturated carbocycles. The zero-order chi connectivity index (χ0) is 19.2. The van der Waals surface area contributed by atoms with Crippen molar-refractivity contribution in [2.24, 2.45) is 0 Å². The topological polar surface area (TPSA) is 49.4 Å². The summed E-state index contributed by atoms with van der Waals surface area (Å²) >= 11 is 0. The van der Waals surface area contributed by atoms with Crippen molar-refractivity contribution in [2.45, 2.75) is 51.8 Å². The quantitative estimate of drug-likeness (QED) is 0.685. The van der Waals surface area contributed by atoms with Crippen LogP contribution in [0.3, 0.4) is 0 Å². The minimum absolute atomic E-state index is 0.450. The summed E-state index contributed by atoms with van der Waals surface area (Å²) in [5.74, 6) is 0. The highest BCUT2D eigenvalue weighted by atomic mass is 32.2. The van der Waals surface area contributed by atoms with Crippen LogP contribution < -0.4 is 9.62 Å². The fourth-order valence-corrected chi connectivity index (χ4v) is 3.32. The predicted octanol–water partition coefficient (Wildman–Crippen LogP) is 4.82. The summed E-state index contributed by atoms with van der Waals surface area (Å²) in [5, 5.41) is -0.450. The molecule has 5 heteroatoms. The van der Waals surface area contributed by atoms with Crippen LogP contribution >= 0.6 is 0 Å². The Kier molecular flexibility index (Phi) is 7.09. The van der Waals surface area contributed by atoms with Crippen molar-refractivity contribution < 1.29 is 8.42 Å². The molecule has 0 aliphatic heterocycles. The van der Waals surface area contributed by atoms with E-state index in [9.17, 15) is 8.42 Å². The lowest BCUT2D eigenvalue weighted by atomic mass is 10.1. The fourth-order valence-electron chi connectivity index (χ4n) is 2.62. The molecule has 0 saturated heterocycles. The summed E-state index contributed by atoms with van der Waals surface area (Å²) in [4.78, 5) is 2.19. The van der Waals surface area contributed by atoms with Gasteiger partial charge in [0.25, 0.3) is 0 Å². The maximum Gasteiger partial charge on any atom is 0.235 e. The molecule has 0 aromatic heterocycles. The second kappa shape index (κ2) is 9.08. The normalized spacial score (nSPS) is 11.6. The summed E-state index contributed by atoms with van der Waals surface area (Å²) in [5.41, 5.74) is 4.29. The van der Waals surface area contributed by atoms with Gasteiger partial charge in [-0.05, 0) is 62.1 Å². The van der Waals surface area contributed by atoms with E-state index < -0.39 is 15.3 Å². The van der Waals surface area contributed by atoms with Gasteiger partial charge in [-0.15, -0.1) is 0 Å². The van der Waals surface area contributed by atoms with Gasteiger partial charge in [0.1, 0.15) is 0 Å². The summed E-state index contributed by atoms with van der Waals surface area (Å²) in [6.45, 7) is 6.31. The van der Waals surface area contributed by atoms with Gasteiger partial charge in [-0.1, -0.05) is 37.6 Å². The minimum atomic E-state index is -3.30. The third-order valence-corrected chi connectivity index (χ3v) is 6.21. The molecule has 1 N–H and O–H groups in total. The number of nitrogens with zero attached hydrogens (tertiary/aromatic N) is 1. The minimum Gasteiger partial charge on any atom is -0.370 e. The summed E-state index contributed by atoms with van der Waals surface area (Å²) in [6, 6.07) is 16.3. The average Bonchev–Trinajstić information content (AvgIpc) is 2.61. The molecule has 0 atom stereocenters. The zero-order valence-corrected chi connectivity index (χ0v) is 17.0. The fraction of sp³-hybridized carbons (Fsp3) is 0.429. The number of nitrogens with one attached hydrogen (secondary N) is 1. The third-order valence-electron chi connectivity index (χ3n) is 4.45. The highest BCUT2D eigenvalue weighted by molar-refractivity contribution is 7.93. The molecule has 2 rings (SSSR count). The van der Waals surface area contributed by atoms with Crippen molar-refractivity contribution in [3.8, 4) is 0 Å². The number of hydrogen-bond donors (Lipinski definition) is 1. The molecule has 0 amide bonds. The van der Waals surface area contributed by atoms with Crippen LogP contribution in [-0.4, -0.2) is 20.7 Å². The monoisotopic (exact) mass is 374 g/mol. The summed E-state index contributed by atoms with van der Waals surface area (Å²) < 4.78 is 26.5. The largest absolute Gasteiger partial charge is 0.370 e. The van der Waals surface area contributed by atoms with E-state index >= 15 is 0 Å². The first kappa shape index (κ1) is 20.3. The molecule has 0 unspecified atom stereocenters. The first-order valence-corrected chi connectivity index (χ1v) is 10.8. The van der Waals surface area contributed by atoms with Gasteiger partial charge in [0.2, 0.25) is 10.0 Å². The van der Waals surface area contributed by atoms with Crippen molar-refractivity contribution in [1.82, 2.24) is 0 Å². The second-order valence-electron chi connectivity index (χ2n) is 7.02. The Bertz CT molecular complexity index is 782. The Labute approximate surface area is 158 Å². The lowest BCUT2D eigenvalue weighted by molar-refractivity contribution is 0.593. The van der Waals surface area contributed by atoms with Gasteiger partial charge in [0.15, 0.2) is 0 Å². The molecule has 0 radical (unpaired) electrons. The highest BCUT2D eigenvalue weighted by Gasteiger charge is 2.15. The molecule has 2 aromatic rings. The molecule has 0 bridgehead atoms. The molecule has 2 aromatic carbocycles. The van der Waals surface area contributed by atoms with E-state index in [4.69, 9.17) is 0 Å². The van der Waals surface area contributed by atoms with Crippen LogP contribution in [0.4, 0.5) is 11.4 Å². The molecule has 0 fully saturated rings. The maximum atomic E-state index is 11.9. The lowest BCUT2D eigenvalue weighted by Gasteiger charge is -2.20. The average molecular weight is 375 g/mol. The van der Waals surface area contributed by atoms with Crippen molar-refractivity contribution >= 4 is 21.4 Å². The lowest BCUT2D eigenvalue weighted by Crippen LogP contribution is -2.22. The van der Waals surface area contributed by atoms with Crippen LogP contribution in [0.25, 0.3) is 0 Å². The Morgan fingerprint density at radius 2 is 1.54 bits per heavy atom. The molecule has 0 heterocycles. The van der Waals surface area contributed by atoms with E-state index in [1.165, 1.54) is 24.1 Å². The highest BCUT2D eigenvalue weighted by Crippen LogP contribution is 2.19. The molecule has 4 nitrogen and oxygen atoms in total. The Hall–Kier alpha value is -2.01. The van der Waals surface area contributed by atoms with Crippen LogP contribution in [0.5, 0.6) is 0 Å². The second-order valence-corrected chi connectivity index (χ2v) is 9.26. The Balaban J connectivity index is 1.97. The van der Waals surface area contributed by atoms with Gasteiger partial charge >= 0.3 is 0 Å². The van der Waals surface area contributed by atoms with E-state index in [0.717, 1.165) is 18.5 Å². The molecule has 0 aliphatic rings. The maximum absolute atomic E-state index is 11.9. The predicted molar refractivity (Wildman–Crippen MR) is 111 cm³/mol. The molecule has 0 spiro atoms. The first-order chi connectivity index (χ1) is 12.3. The van der Waals surface area contributed by atoms with Crippen molar-refractivity contribution in [1.29, 1.82) is 0 Å². The van der Waals surface area contributed by atoms with Gasteiger partial charge in [0.05, 0.1) is 5.25 Å². The molecule has 142 valence electrons. The standard InChI is InChI=1S/C21H30N2O2S/c1-5-6-7-18-10-14-21(15-11-18)23(4)16-19-8-12-20(13-9-19)22-26(24,25)17(2)3/h8-15,17,22H,5-7,16H2,1-4H3. The smallest absolute Gasteiger partial charge is 0.235 e. The van der Waals surface area contributed by atoms with Crippen molar-refractivity contribution in [2.75, 3.05) is 16.7 Å². The number of sulfonamides is 1. The van der Waals surface area contributed by atoms with Crippen LogP contribution in [0.1, 0.15) is 44.7 Å². The number of benzene rings is 2. The van der Waals surface area contributed by atoms with Crippen LogP contribution in [0.15, 0.2) is 48.5 Å². The van der Waals surface area contributed by atoms with Gasteiger partial charge in [-0.3, -0.25) is 4.72 Å². The molecule has 0 aliphatic carbocycles. The van der Waals surface area contributed by atoms with Crippen LogP contribution in [0, 0.1) is 0 Å². The third kappa shape index (κ3) is 5.77. The number of hydrogen-bond acceptors (Lipinski definition) is 3. The van der Waals surface area contributed by atoms with Crippen molar-refractivity contribution in [3.05, 3.63) is 59.7 Å².